The van der Waals surface area contributed by atoms with E-state index in [2.05, 4.69) is 53.6 Å². The Morgan fingerprint density at radius 1 is 1.26 bits per heavy atom. The van der Waals surface area contributed by atoms with E-state index >= 15 is 0 Å². The van der Waals surface area contributed by atoms with Gasteiger partial charge < -0.3 is 15.7 Å². The van der Waals surface area contributed by atoms with Gasteiger partial charge in [0.15, 0.2) is 0 Å². The number of nitrogens with zero attached hydrogens (tertiary/aromatic N) is 1. The molecule has 3 N–H and O–H groups in total. The largest absolute Gasteiger partial charge is 0.390 e. The molecule has 0 aliphatic carbocycles. The van der Waals surface area contributed by atoms with Gasteiger partial charge in [0.2, 0.25) is 0 Å². The van der Waals surface area contributed by atoms with Crippen LogP contribution in [0.15, 0.2) is 24.3 Å². The van der Waals surface area contributed by atoms with Crippen molar-refractivity contribution < 1.29 is 9.90 Å². The molecule has 5 nitrogen and oxygen atoms in total. The van der Waals surface area contributed by atoms with Gasteiger partial charge in [-0.05, 0) is 30.4 Å². The smallest absolute Gasteiger partial charge is 0.315 e. The molecular formula is C18H29N3O2. The number of aliphatic hydroxyl groups is 1. The molecule has 0 spiro atoms. The summed E-state index contributed by atoms with van der Waals surface area (Å²) in [5.41, 5.74) is 2.74. The minimum absolute atomic E-state index is 0.193. The number of urea groups is 1. The fourth-order valence-corrected chi connectivity index (χ4v) is 3.01. The lowest BCUT2D eigenvalue weighted by Gasteiger charge is -2.30. The highest BCUT2D eigenvalue weighted by Crippen LogP contribution is 2.18. The van der Waals surface area contributed by atoms with Gasteiger partial charge in [-0.15, -0.1) is 0 Å². The third kappa shape index (κ3) is 5.52. The number of rotatable bonds is 7. The molecule has 1 heterocycles. The van der Waals surface area contributed by atoms with E-state index in [4.69, 9.17) is 0 Å². The standard InChI is InChI=1S/C18H29N3O2/c1-3-16(4-2)20-18(23)19-11-17(22)13-21-10-9-14-7-5-6-8-15(14)12-21/h5-8,16-17,22H,3-4,9-13H2,1-2H3,(H2,19,20,23). The molecule has 0 aromatic heterocycles. The van der Waals surface area contributed by atoms with Crippen molar-refractivity contribution in [2.24, 2.45) is 0 Å². The Kier molecular flexibility index (Phi) is 6.86. The molecule has 1 aliphatic rings. The first-order valence-corrected chi connectivity index (χ1v) is 8.63. The zero-order valence-electron chi connectivity index (χ0n) is 14.2. The molecule has 0 radical (unpaired) electrons. The van der Waals surface area contributed by atoms with Gasteiger partial charge in [-0.25, -0.2) is 4.79 Å². The van der Waals surface area contributed by atoms with Crippen LogP contribution in [0.3, 0.4) is 0 Å². The summed E-state index contributed by atoms with van der Waals surface area (Å²) in [6, 6.07) is 8.46. The van der Waals surface area contributed by atoms with Crippen molar-refractivity contribution in [1.29, 1.82) is 0 Å². The molecule has 2 rings (SSSR count). The van der Waals surface area contributed by atoms with Crippen LogP contribution in [-0.4, -0.2) is 47.8 Å². The summed E-state index contributed by atoms with van der Waals surface area (Å²) >= 11 is 0. The van der Waals surface area contributed by atoms with E-state index in [-0.39, 0.29) is 18.6 Å². The van der Waals surface area contributed by atoms with Crippen molar-refractivity contribution >= 4 is 6.03 Å². The predicted octanol–water partition coefficient (Wildman–Crippen LogP) is 1.89. The summed E-state index contributed by atoms with van der Waals surface area (Å²) in [5, 5.41) is 15.8. The summed E-state index contributed by atoms with van der Waals surface area (Å²) in [6.07, 6.45) is 2.30. The molecule has 5 heteroatoms. The lowest BCUT2D eigenvalue weighted by atomic mass is 10.00. The molecule has 0 fully saturated rings. The Bertz CT molecular complexity index is 503. The fourth-order valence-electron chi connectivity index (χ4n) is 3.01. The van der Waals surface area contributed by atoms with Gasteiger partial charge in [0.05, 0.1) is 6.10 Å². The van der Waals surface area contributed by atoms with Crippen LogP contribution >= 0.6 is 0 Å². The molecule has 0 bridgehead atoms. The average Bonchev–Trinajstić information content (AvgIpc) is 2.57. The van der Waals surface area contributed by atoms with E-state index in [1.807, 2.05) is 0 Å². The maximum absolute atomic E-state index is 11.8. The molecule has 1 atom stereocenters. The Morgan fingerprint density at radius 2 is 1.96 bits per heavy atom. The summed E-state index contributed by atoms with van der Waals surface area (Å²) in [5.74, 6) is 0. The van der Waals surface area contributed by atoms with Crippen LogP contribution in [-0.2, 0) is 13.0 Å². The van der Waals surface area contributed by atoms with Crippen LogP contribution < -0.4 is 10.6 Å². The normalized spacial score (nSPS) is 16.0. The Labute approximate surface area is 139 Å². The molecule has 2 amide bonds. The zero-order chi connectivity index (χ0) is 16.7. The minimum atomic E-state index is -0.548. The van der Waals surface area contributed by atoms with Gasteiger partial charge in [0.1, 0.15) is 0 Å². The first-order valence-electron chi connectivity index (χ1n) is 8.63. The number of carbonyl (C=O) groups is 1. The number of aliphatic hydroxyl groups excluding tert-OH is 1. The fraction of sp³-hybridized carbons (Fsp3) is 0.611. The third-order valence-corrected chi connectivity index (χ3v) is 4.50. The van der Waals surface area contributed by atoms with Crippen LogP contribution in [0.5, 0.6) is 0 Å². The predicted molar refractivity (Wildman–Crippen MR) is 92.3 cm³/mol. The number of β-amino-alcohol motifs (C(OH)–C–C–N with tert-alkyl or cyclic N) is 1. The van der Waals surface area contributed by atoms with Crippen molar-refractivity contribution in [3.05, 3.63) is 35.4 Å². The van der Waals surface area contributed by atoms with Gasteiger partial charge >= 0.3 is 6.03 Å². The zero-order valence-corrected chi connectivity index (χ0v) is 14.2. The minimum Gasteiger partial charge on any atom is -0.390 e. The SMILES string of the molecule is CCC(CC)NC(=O)NCC(O)CN1CCc2ccccc2C1. The molecule has 23 heavy (non-hydrogen) atoms. The molecule has 0 saturated carbocycles. The lowest BCUT2D eigenvalue weighted by Crippen LogP contribution is -2.46. The highest BCUT2D eigenvalue weighted by Gasteiger charge is 2.18. The number of carbonyl (C=O) groups excluding carboxylic acids is 1. The van der Waals surface area contributed by atoms with E-state index in [1.165, 1.54) is 11.1 Å². The molecule has 0 saturated heterocycles. The van der Waals surface area contributed by atoms with Crippen LogP contribution in [0.4, 0.5) is 4.79 Å². The van der Waals surface area contributed by atoms with E-state index in [9.17, 15) is 9.90 Å². The Morgan fingerprint density at radius 3 is 2.65 bits per heavy atom. The van der Waals surface area contributed by atoms with Crippen LogP contribution in [0.1, 0.15) is 37.8 Å². The van der Waals surface area contributed by atoms with Crippen molar-refractivity contribution in [2.75, 3.05) is 19.6 Å². The average molecular weight is 319 g/mol. The van der Waals surface area contributed by atoms with Crippen LogP contribution in [0.25, 0.3) is 0 Å². The van der Waals surface area contributed by atoms with E-state index in [1.54, 1.807) is 0 Å². The van der Waals surface area contributed by atoms with E-state index in [0.717, 1.165) is 32.4 Å². The van der Waals surface area contributed by atoms with Gasteiger partial charge in [-0.2, -0.15) is 0 Å². The quantitative estimate of drug-likeness (QED) is 0.719. The number of hydrogen-bond donors (Lipinski definition) is 3. The van der Waals surface area contributed by atoms with E-state index < -0.39 is 6.10 Å². The molecule has 128 valence electrons. The van der Waals surface area contributed by atoms with E-state index in [0.29, 0.717) is 6.54 Å². The summed E-state index contributed by atoms with van der Waals surface area (Å²) < 4.78 is 0. The van der Waals surface area contributed by atoms with Crippen LogP contribution in [0.2, 0.25) is 0 Å². The molecule has 1 aromatic carbocycles. The van der Waals surface area contributed by atoms with Crippen molar-refractivity contribution in [3.63, 3.8) is 0 Å². The first kappa shape index (κ1) is 17.8. The molecule has 1 aromatic rings. The van der Waals surface area contributed by atoms with Gasteiger partial charge in [-0.1, -0.05) is 38.1 Å². The van der Waals surface area contributed by atoms with Crippen molar-refractivity contribution in [2.45, 2.75) is 51.8 Å². The van der Waals surface area contributed by atoms with Gasteiger partial charge in [0, 0.05) is 32.2 Å². The summed E-state index contributed by atoms with van der Waals surface area (Å²) in [4.78, 5) is 14.0. The van der Waals surface area contributed by atoms with Gasteiger partial charge in [-0.3, -0.25) is 4.90 Å². The highest BCUT2D eigenvalue weighted by atomic mass is 16.3. The Hall–Kier alpha value is -1.59. The number of fused-ring (bicyclic) bond motifs is 1. The monoisotopic (exact) mass is 319 g/mol. The Balaban J connectivity index is 1.71. The third-order valence-electron chi connectivity index (χ3n) is 4.50. The van der Waals surface area contributed by atoms with Crippen molar-refractivity contribution in [1.82, 2.24) is 15.5 Å². The second-order valence-corrected chi connectivity index (χ2v) is 6.28. The van der Waals surface area contributed by atoms with Crippen molar-refractivity contribution in [3.8, 4) is 0 Å². The summed E-state index contributed by atoms with van der Waals surface area (Å²) in [7, 11) is 0. The number of amides is 2. The highest BCUT2D eigenvalue weighted by molar-refractivity contribution is 5.74. The topological polar surface area (TPSA) is 64.6 Å². The molecule has 1 aliphatic heterocycles. The molecular weight excluding hydrogens is 290 g/mol. The summed E-state index contributed by atoms with van der Waals surface area (Å²) in [6.45, 7) is 6.79. The first-order chi connectivity index (χ1) is 11.1. The van der Waals surface area contributed by atoms with Gasteiger partial charge in [0.25, 0.3) is 0 Å². The maximum Gasteiger partial charge on any atom is 0.315 e. The number of hydrogen-bond acceptors (Lipinski definition) is 3. The molecule has 1 unspecified atom stereocenters. The van der Waals surface area contributed by atoms with Crippen LogP contribution in [0, 0.1) is 0 Å². The second kappa shape index (κ2) is 8.89. The lowest BCUT2D eigenvalue weighted by molar-refractivity contribution is 0.105. The number of nitrogens with one attached hydrogen (secondary N) is 2. The maximum atomic E-state index is 11.8. The second-order valence-electron chi connectivity index (χ2n) is 6.28. The number of benzene rings is 1.